The summed E-state index contributed by atoms with van der Waals surface area (Å²) in [6.07, 6.45) is 4.73. The molecule has 2 heterocycles. The molecule has 33 heavy (non-hydrogen) atoms. The second kappa shape index (κ2) is 10.5. The highest BCUT2D eigenvalue weighted by atomic mass is 35.5. The summed E-state index contributed by atoms with van der Waals surface area (Å²) < 4.78 is 31.0. The fourth-order valence-electron chi connectivity index (χ4n) is 4.13. The molecule has 174 valence electrons. The Balaban J connectivity index is 1.48. The minimum atomic E-state index is -3.88. The zero-order valence-electron chi connectivity index (χ0n) is 18.2. The van der Waals surface area contributed by atoms with Crippen LogP contribution < -0.4 is 5.32 Å². The molecule has 4 rings (SSSR count). The molecular formula is C25H27ClN2O4S. The predicted octanol–water partition coefficient (Wildman–Crippen LogP) is 5.11. The first-order valence-electron chi connectivity index (χ1n) is 11.1. The molecule has 1 amide bonds. The van der Waals surface area contributed by atoms with Gasteiger partial charge in [-0.25, -0.2) is 8.42 Å². The van der Waals surface area contributed by atoms with E-state index in [1.807, 2.05) is 18.2 Å². The third-order valence-electron chi connectivity index (χ3n) is 5.92. The van der Waals surface area contributed by atoms with E-state index in [1.54, 1.807) is 0 Å². The Labute approximate surface area is 199 Å². The number of hydrogen-bond acceptors (Lipinski definition) is 5. The van der Waals surface area contributed by atoms with Crippen molar-refractivity contribution in [2.45, 2.75) is 41.7 Å². The van der Waals surface area contributed by atoms with Gasteiger partial charge < -0.3 is 9.73 Å². The van der Waals surface area contributed by atoms with Gasteiger partial charge in [-0.2, -0.15) is 0 Å². The molecule has 0 radical (unpaired) electrons. The maximum absolute atomic E-state index is 12.8. The molecule has 0 saturated carbocycles. The summed E-state index contributed by atoms with van der Waals surface area (Å²) in [4.78, 5) is 15.3. The fraction of sp³-hybridized carbons (Fsp3) is 0.320. The summed E-state index contributed by atoms with van der Waals surface area (Å²) >= 11 is 5.85. The highest BCUT2D eigenvalue weighted by molar-refractivity contribution is 7.91. The SMILES string of the molecule is O=C(NCC(c1ccccc1)N1CCCCCC1)c1ccc(S(=O)(=O)c2ccc(Cl)cc2)o1. The first kappa shape index (κ1) is 23.5. The van der Waals surface area contributed by atoms with Crippen LogP contribution in [0.5, 0.6) is 0 Å². The number of halogens is 1. The summed E-state index contributed by atoms with van der Waals surface area (Å²) in [6.45, 7) is 2.38. The molecule has 1 saturated heterocycles. The molecule has 1 aliphatic heterocycles. The van der Waals surface area contributed by atoms with Crippen molar-refractivity contribution in [3.8, 4) is 0 Å². The quantitative estimate of drug-likeness (QED) is 0.501. The summed E-state index contributed by atoms with van der Waals surface area (Å²) in [5.74, 6) is -0.478. The van der Waals surface area contributed by atoms with Crippen molar-refractivity contribution < 1.29 is 17.6 Å². The van der Waals surface area contributed by atoms with Gasteiger partial charge in [-0.05, 0) is 67.9 Å². The smallest absolute Gasteiger partial charge is 0.287 e. The average molecular weight is 487 g/mol. The van der Waals surface area contributed by atoms with Crippen molar-refractivity contribution in [3.05, 3.63) is 83.1 Å². The lowest BCUT2D eigenvalue weighted by Gasteiger charge is -2.31. The van der Waals surface area contributed by atoms with Crippen molar-refractivity contribution in [2.75, 3.05) is 19.6 Å². The molecule has 1 aliphatic rings. The Morgan fingerprint density at radius 3 is 2.27 bits per heavy atom. The zero-order valence-corrected chi connectivity index (χ0v) is 19.8. The second-order valence-electron chi connectivity index (χ2n) is 8.16. The number of carbonyl (C=O) groups is 1. The molecule has 2 aromatic carbocycles. The van der Waals surface area contributed by atoms with E-state index in [0.29, 0.717) is 11.6 Å². The van der Waals surface area contributed by atoms with Crippen LogP contribution in [0.1, 0.15) is 47.8 Å². The summed E-state index contributed by atoms with van der Waals surface area (Å²) in [6, 6.07) is 18.7. The van der Waals surface area contributed by atoms with Crippen LogP contribution in [0.25, 0.3) is 0 Å². The highest BCUT2D eigenvalue weighted by Gasteiger charge is 2.25. The Kier molecular flexibility index (Phi) is 7.53. The Morgan fingerprint density at radius 2 is 1.61 bits per heavy atom. The number of amides is 1. The van der Waals surface area contributed by atoms with E-state index < -0.39 is 15.7 Å². The number of furan rings is 1. The standard InChI is InChI=1S/C25H27ClN2O4S/c26-20-10-12-21(13-11-20)33(30,31)24-15-14-23(32-24)25(29)27-18-22(19-8-4-3-5-9-19)28-16-6-1-2-7-17-28/h3-5,8-15,22H,1-2,6-7,16-18H2,(H,27,29). The molecular weight excluding hydrogens is 460 g/mol. The second-order valence-corrected chi connectivity index (χ2v) is 10.5. The van der Waals surface area contributed by atoms with Crippen molar-refractivity contribution in [2.24, 2.45) is 0 Å². The van der Waals surface area contributed by atoms with E-state index in [1.165, 1.54) is 49.2 Å². The Morgan fingerprint density at radius 1 is 0.939 bits per heavy atom. The highest BCUT2D eigenvalue weighted by Crippen LogP contribution is 2.26. The zero-order chi connectivity index (χ0) is 23.3. The maximum atomic E-state index is 12.8. The number of likely N-dealkylation sites (tertiary alicyclic amines) is 1. The van der Waals surface area contributed by atoms with Crippen LogP contribution in [0, 0.1) is 0 Å². The van der Waals surface area contributed by atoms with Gasteiger partial charge in [0.05, 0.1) is 10.9 Å². The minimum absolute atomic E-state index is 0.0368. The number of nitrogens with zero attached hydrogens (tertiary/aromatic N) is 1. The van der Waals surface area contributed by atoms with E-state index in [-0.39, 0.29) is 21.8 Å². The largest absolute Gasteiger partial charge is 0.439 e. The lowest BCUT2D eigenvalue weighted by atomic mass is 10.0. The van der Waals surface area contributed by atoms with Gasteiger partial charge in [0.15, 0.2) is 5.76 Å². The molecule has 0 aliphatic carbocycles. The van der Waals surface area contributed by atoms with Gasteiger partial charge in [0.2, 0.25) is 14.9 Å². The number of carbonyl (C=O) groups excluding carboxylic acids is 1. The van der Waals surface area contributed by atoms with Crippen LogP contribution in [0.3, 0.4) is 0 Å². The first-order chi connectivity index (χ1) is 15.9. The molecule has 0 spiro atoms. The van der Waals surface area contributed by atoms with Gasteiger partial charge in [0, 0.05) is 11.6 Å². The third kappa shape index (κ3) is 5.66. The summed E-state index contributed by atoms with van der Waals surface area (Å²) in [5.41, 5.74) is 1.14. The molecule has 1 unspecified atom stereocenters. The maximum Gasteiger partial charge on any atom is 0.287 e. The average Bonchev–Trinajstić information content (AvgIpc) is 3.19. The number of hydrogen-bond donors (Lipinski definition) is 1. The topological polar surface area (TPSA) is 79.6 Å². The lowest BCUT2D eigenvalue weighted by Crippen LogP contribution is -2.38. The van der Waals surface area contributed by atoms with E-state index in [2.05, 4.69) is 22.3 Å². The molecule has 1 fully saturated rings. The molecule has 1 aromatic heterocycles. The van der Waals surface area contributed by atoms with Crippen LogP contribution in [-0.2, 0) is 9.84 Å². The van der Waals surface area contributed by atoms with Gasteiger partial charge in [0.1, 0.15) is 0 Å². The molecule has 8 heteroatoms. The van der Waals surface area contributed by atoms with Crippen molar-refractivity contribution in [1.29, 1.82) is 0 Å². The first-order valence-corrected chi connectivity index (χ1v) is 13.0. The van der Waals surface area contributed by atoms with Crippen LogP contribution in [-0.4, -0.2) is 38.9 Å². The Bertz CT molecular complexity index is 1170. The normalized spacial score (nSPS) is 16.2. The van der Waals surface area contributed by atoms with E-state index >= 15 is 0 Å². The number of benzene rings is 2. The monoisotopic (exact) mass is 486 g/mol. The minimum Gasteiger partial charge on any atom is -0.439 e. The van der Waals surface area contributed by atoms with Gasteiger partial charge in [0.25, 0.3) is 5.91 Å². The van der Waals surface area contributed by atoms with Gasteiger partial charge in [-0.15, -0.1) is 0 Å². The van der Waals surface area contributed by atoms with Crippen LogP contribution in [0.15, 0.2) is 81.1 Å². The molecule has 6 nitrogen and oxygen atoms in total. The lowest BCUT2D eigenvalue weighted by molar-refractivity contribution is 0.0900. The predicted molar refractivity (Wildman–Crippen MR) is 127 cm³/mol. The molecule has 3 aromatic rings. The van der Waals surface area contributed by atoms with Crippen molar-refractivity contribution in [3.63, 3.8) is 0 Å². The Hall–Kier alpha value is -2.61. The van der Waals surface area contributed by atoms with E-state index in [4.69, 9.17) is 16.0 Å². The number of nitrogens with one attached hydrogen (secondary N) is 1. The molecule has 0 bridgehead atoms. The fourth-order valence-corrected chi connectivity index (χ4v) is 5.43. The number of rotatable bonds is 7. The number of sulfone groups is 1. The van der Waals surface area contributed by atoms with E-state index in [0.717, 1.165) is 31.5 Å². The van der Waals surface area contributed by atoms with Crippen LogP contribution in [0.4, 0.5) is 0 Å². The van der Waals surface area contributed by atoms with Crippen LogP contribution in [0.2, 0.25) is 5.02 Å². The molecule has 1 N–H and O–H groups in total. The van der Waals surface area contributed by atoms with Gasteiger partial charge in [-0.1, -0.05) is 54.8 Å². The third-order valence-corrected chi connectivity index (χ3v) is 7.81. The van der Waals surface area contributed by atoms with Gasteiger partial charge in [-0.3, -0.25) is 9.69 Å². The summed E-state index contributed by atoms with van der Waals surface area (Å²) in [7, 11) is -3.88. The van der Waals surface area contributed by atoms with Gasteiger partial charge >= 0.3 is 0 Å². The summed E-state index contributed by atoms with van der Waals surface area (Å²) in [5, 5.41) is 3.10. The van der Waals surface area contributed by atoms with Crippen LogP contribution >= 0.6 is 11.6 Å². The van der Waals surface area contributed by atoms with Crippen molar-refractivity contribution in [1.82, 2.24) is 10.2 Å². The van der Waals surface area contributed by atoms with Crippen molar-refractivity contribution >= 4 is 27.3 Å². The van der Waals surface area contributed by atoms with E-state index in [9.17, 15) is 13.2 Å². The molecule has 1 atom stereocenters.